The van der Waals surface area contributed by atoms with Gasteiger partial charge in [-0.2, -0.15) is 0 Å². The zero-order chi connectivity index (χ0) is 12.5. The number of rotatable bonds is 4. The SMILES string of the molecule is CCc1c(C(=O)O)c(CC)n(N)c1C(=O)O. The molecule has 1 aromatic heterocycles. The van der Waals surface area contributed by atoms with Crippen molar-refractivity contribution in [1.82, 2.24) is 4.68 Å². The van der Waals surface area contributed by atoms with Crippen LogP contribution in [-0.2, 0) is 12.8 Å². The van der Waals surface area contributed by atoms with Crippen molar-refractivity contribution in [3.8, 4) is 0 Å². The lowest BCUT2D eigenvalue weighted by Crippen LogP contribution is -2.19. The molecule has 0 atom stereocenters. The highest BCUT2D eigenvalue weighted by molar-refractivity contribution is 5.97. The van der Waals surface area contributed by atoms with Crippen LogP contribution < -0.4 is 5.84 Å². The van der Waals surface area contributed by atoms with Crippen molar-refractivity contribution in [3.05, 3.63) is 22.5 Å². The maximum absolute atomic E-state index is 11.1. The van der Waals surface area contributed by atoms with Gasteiger partial charge in [0.05, 0.1) is 11.3 Å². The second-order valence-corrected chi connectivity index (χ2v) is 3.34. The van der Waals surface area contributed by atoms with E-state index in [4.69, 9.17) is 16.1 Å². The summed E-state index contributed by atoms with van der Waals surface area (Å²) in [5, 5.41) is 18.1. The van der Waals surface area contributed by atoms with Gasteiger partial charge in [0.1, 0.15) is 0 Å². The number of hydrogen-bond acceptors (Lipinski definition) is 3. The molecule has 0 radical (unpaired) electrons. The Balaban J connectivity index is 3.64. The monoisotopic (exact) mass is 226 g/mol. The molecule has 88 valence electrons. The number of hydrogen-bond donors (Lipinski definition) is 3. The van der Waals surface area contributed by atoms with E-state index in [1.165, 1.54) is 0 Å². The van der Waals surface area contributed by atoms with Gasteiger partial charge in [-0.25, -0.2) is 9.59 Å². The zero-order valence-corrected chi connectivity index (χ0v) is 9.15. The first-order valence-corrected chi connectivity index (χ1v) is 4.93. The largest absolute Gasteiger partial charge is 0.478 e. The van der Waals surface area contributed by atoms with Crippen LogP contribution in [0.4, 0.5) is 0 Å². The number of nitrogen functional groups attached to an aromatic ring is 1. The average molecular weight is 226 g/mol. The Bertz CT molecular complexity index is 448. The lowest BCUT2D eigenvalue weighted by atomic mass is 10.1. The molecule has 0 aromatic carbocycles. The van der Waals surface area contributed by atoms with Crippen molar-refractivity contribution in [2.24, 2.45) is 0 Å². The minimum absolute atomic E-state index is 0.0184. The minimum atomic E-state index is -1.21. The summed E-state index contributed by atoms with van der Waals surface area (Å²) in [4.78, 5) is 22.1. The maximum Gasteiger partial charge on any atom is 0.354 e. The van der Waals surface area contributed by atoms with Crippen molar-refractivity contribution in [3.63, 3.8) is 0 Å². The number of carbonyl (C=O) groups is 2. The Labute approximate surface area is 92.3 Å². The van der Waals surface area contributed by atoms with Crippen molar-refractivity contribution in [2.75, 3.05) is 5.84 Å². The number of carboxylic acid groups (broad SMARTS) is 2. The highest BCUT2D eigenvalue weighted by Gasteiger charge is 2.27. The fraction of sp³-hybridized carbons (Fsp3) is 0.400. The second-order valence-electron chi connectivity index (χ2n) is 3.34. The highest BCUT2D eigenvalue weighted by atomic mass is 16.4. The lowest BCUT2D eigenvalue weighted by molar-refractivity contribution is 0.0683. The van der Waals surface area contributed by atoms with Gasteiger partial charge in [-0.1, -0.05) is 13.8 Å². The van der Waals surface area contributed by atoms with Gasteiger partial charge < -0.3 is 16.1 Å². The zero-order valence-electron chi connectivity index (χ0n) is 9.15. The maximum atomic E-state index is 11.1. The standard InChI is InChI=1S/C10H14N2O4/c1-3-5-7(9(13)14)6(4-2)12(11)8(5)10(15)16/h3-4,11H2,1-2H3,(H,13,14)(H,15,16). The third-order valence-electron chi connectivity index (χ3n) is 2.51. The summed E-state index contributed by atoms with van der Waals surface area (Å²) >= 11 is 0. The van der Waals surface area contributed by atoms with Crippen LogP contribution in [0.25, 0.3) is 0 Å². The van der Waals surface area contributed by atoms with Crippen LogP contribution in [0.2, 0.25) is 0 Å². The van der Waals surface area contributed by atoms with E-state index in [9.17, 15) is 9.59 Å². The van der Waals surface area contributed by atoms with Crippen LogP contribution in [0.5, 0.6) is 0 Å². The molecule has 0 fully saturated rings. The molecule has 1 heterocycles. The molecule has 0 aliphatic rings. The van der Waals surface area contributed by atoms with Crippen molar-refractivity contribution >= 4 is 11.9 Å². The van der Waals surface area contributed by atoms with E-state index < -0.39 is 11.9 Å². The summed E-state index contributed by atoms with van der Waals surface area (Å²) in [6, 6.07) is 0. The van der Waals surface area contributed by atoms with E-state index in [0.717, 1.165) is 4.68 Å². The van der Waals surface area contributed by atoms with Gasteiger partial charge in [-0.15, -0.1) is 0 Å². The molecule has 0 saturated heterocycles. The van der Waals surface area contributed by atoms with E-state index in [1.807, 2.05) is 0 Å². The summed E-state index contributed by atoms with van der Waals surface area (Å²) in [5.74, 6) is 3.26. The number of nitrogens with zero attached hydrogens (tertiary/aromatic N) is 1. The summed E-state index contributed by atoms with van der Waals surface area (Å²) in [6.45, 7) is 3.43. The van der Waals surface area contributed by atoms with Crippen LogP contribution in [-0.4, -0.2) is 26.8 Å². The molecule has 4 N–H and O–H groups in total. The van der Waals surface area contributed by atoms with Crippen LogP contribution >= 0.6 is 0 Å². The minimum Gasteiger partial charge on any atom is -0.478 e. The quantitative estimate of drug-likeness (QED) is 0.656. The topological polar surface area (TPSA) is 106 Å². The molecule has 0 amide bonds. The van der Waals surface area contributed by atoms with Gasteiger partial charge in [0.2, 0.25) is 0 Å². The predicted molar refractivity (Wildman–Crippen MR) is 57.3 cm³/mol. The van der Waals surface area contributed by atoms with Gasteiger partial charge in [0.15, 0.2) is 5.69 Å². The molecule has 1 rings (SSSR count). The summed E-state index contributed by atoms with van der Waals surface area (Å²) in [7, 11) is 0. The first kappa shape index (κ1) is 12.1. The van der Waals surface area contributed by atoms with Gasteiger partial charge >= 0.3 is 11.9 Å². The Kier molecular flexibility index (Phi) is 3.22. The molecule has 0 aliphatic heterocycles. The Hall–Kier alpha value is -1.98. The predicted octanol–water partition coefficient (Wildman–Crippen LogP) is 0.723. The average Bonchev–Trinajstić information content (AvgIpc) is 2.50. The number of aromatic nitrogens is 1. The van der Waals surface area contributed by atoms with Gasteiger partial charge in [0.25, 0.3) is 0 Å². The van der Waals surface area contributed by atoms with Gasteiger partial charge in [-0.05, 0) is 12.8 Å². The molecule has 16 heavy (non-hydrogen) atoms. The van der Waals surface area contributed by atoms with Crippen molar-refractivity contribution in [1.29, 1.82) is 0 Å². The molecule has 6 heteroatoms. The Morgan fingerprint density at radius 3 is 2.06 bits per heavy atom. The van der Waals surface area contributed by atoms with E-state index in [-0.39, 0.29) is 16.8 Å². The van der Waals surface area contributed by atoms with Gasteiger partial charge in [-0.3, -0.25) is 4.68 Å². The lowest BCUT2D eigenvalue weighted by Gasteiger charge is -2.02. The van der Waals surface area contributed by atoms with Crippen molar-refractivity contribution in [2.45, 2.75) is 26.7 Å². The van der Waals surface area contributed by atoms with Crippen LogP contribution in [0.15, 0.2) is 0 Å². The molecule has 0 spiro atoms. The smallest absolute Gasteiger partial charge is 0.354 e. The molecule has 0 saturated carbocycles. The van der Waals surface area contributed by atoms with E-state index in [1.54, 1.807) is 13.8 Å². The fourth-order valence-electron chi connectivity index (χ4n) is 1.87. The highest BCUT2D eigenvalue weighted by Crippen LogP contribution is 2.22. The Morgan fingerprint density at radius 1 is 1.19 bits per heavy atom. The number of nitrogens with two attached hydrogens (primary N) is 1. The third-order valence-corrected chi connectivity index (χ3v) is 2.51. The van der Waals surface area contributed by atoms with E-state index in [2.05, 4.69) is 0 Å². The molecule has 0 aliphatic carbocycles. The molecule has 0 unspecified atom stereocenters. The Morgan fingerprint density at radius 2 is 1.75 bits per heavy atom. The summed E-state index contributed by atoms with van der Waals surface area (Å²) in [6.07, 6.45) is 0.693. The molecule has 1 aromatic rings. The van der Waals surface area contributed by atoms with Gasteiger partial charge in [0, 0.05) is 5.56 Å². The van der Waals surface area contributed by atoms with Crippen molar-refractivity contribution < 1.29 is 19.8 Å². The number of carboxylic acids is 2. The number of aromatic carboxylic acids is 2. The third kappa shape index (κ3) is 1.62. The summed E-state index contributed by atoms with van der Waals surface area (Å²) in [5.41, 5.74) is 0.489. The van der Waals surface area contributed by atoms with Crippen LogP contribution in [0.1, 0.15) is 46.0 Å². The molecule has 0 bridgehead atoms. The first-order valence-electron chi connectivity index (χ1n) is 4.93. The van der Waals surface area contributed by atoms with Crippen LogP contribution in [0.3, 0.4) is 0 Å². The molecular weight excluding hydrogens is 212 g/mol. The second kappa shape index (κ2) is 4.26. The van der Waals surface area contributed by atoms with E-state index >= 15 is 0 Å². The first-order chi connectivity index (χ1) is 7.45. The molecule has 6 nitrogen and oxygen atoms in total. The fourth-order valence-corrected chi connectivity index (χ4v) is 1.87. The summed E-state index contributed by atoms with van der Waals surface area (Å²) < 4.78 is 0.963. The molecular formula is C10H14N2O4. The normalized spacial score (nSPS) is 10.4. The van der Waals surface area contributed by atoms with Crippen LogP contribution in [0, 0.1) is 0 Å². The van der Waals surface area contributed by atoms with E-state index in [0.29, 0.717) is 18.5 Å².